The summed E-state index contributed by atoms with van der Waals surface area (Å²) in [5, 5.41) is 6.70. The highest BCUT2D eigenvalue weighted by Crippen LogP contribution is 2.32. The number of nitrogens with one attached hydrogen (secondary N) is 3. The minimum atomic E-state index is -0.178. The predicted octanol–water partition coefficient (Wildman–Crippen LogP) is 3.30. The van der Waals surface area contributed by atoms with Crippen LogP contribution in [0.25, 0.3) is 22.6 Å². The van der Waals surface area contributed by atoms with Crippen molar-refractivity contribution in [1.82, 2.24) is 25.2 Å². The summed E-state index contributed by atoms with van der Waals surface area (Å²) in [6.45, 7) is 6.47. The summed E-state index contributed by atoms with van der Waals surface area (Å²) in [6.07, 6.45) is 2.71. The number of aromatic nitrogens is 3. The molecule has 0 aliphatic carbocycles. The summed E-state index contributed by atoms with van der Waals surface area (Å²) < 4.78 is 5.46. The minimum Gasteiger partial charge on any atom is -0.484 e. The number of anilines is 1. The van der Waals surface area contributed by atoms with Crippen molar-refractivity contribution in [1.29, 1.82) is 0 Å². The lowest BCUT2D eigenvalue weighted by Gasteiger charge is -2.21. The van der Waals surface area contributed by atoms with Crippen LogP contribution >= 0.6 is 11.6 Å². The predicted molar refractivity (Wildman–Crippen MR) is 123 cm³/mol. The molecule has 3 heterocycles. The summed E-state index contributed by atoms with van der Waals surface area (Å²) in [5.41, 5.74) is 3.14. The molecule has 1 aliphatic heterocycles. The number of aromatic amines is 1. The van der Waals surface area contributed by atoms with Crippen LogP contribution in [0.15, 0.2) is 30.5 Å². The number of hydrogen-bond acceptors (Lipinski definition) is 6. The molecule has 0 bridgehead atoms. The Kier molecular flexibility index (Phi) is 6.29. The zero-order chi connectivity index (χ0) is 22.0. The third-order valence-electron chi connectivity index (χ3n) is 5.55. The third-order valence-corrected chi connectivity index (χ3v) is 5.84. The number of likely N-dealkylation sites (tertiary alicyclic amines) is 1. The van der Waals surface area contributed by atoms with Gasteiger partial charge in [-0.1, -0.05) is 11.6 Å². The summed E-state index contributed by atoms with van der Waals surface area (Å²) in [6, 6.07) is 8.26. The minimum absolute atomic E-state index is 0.0205. The zero-order valence-corrected chi connectivity index (χ0v) is 18.7. The smallest absolute Gasteiger partial charge is 0.257 e. The lowest BCUT2D eigenvalue weighted by Crippen LogP contribution is -2.31. The number of fused-ring (bicyclic) bond motifs is 1. The number of likely N-dealkylation sites (N-methyl/N-ethyl adjacent to an activating group) is 1. The van der Waals surface area contributed by atoms with E-state index in [-0.39, 0.29) is 12.5 Å². The fraction of sp³-hybridized carbons (Fsp3) is 0.409. The lowest BCUT2D eigenvalue weighted by molar-refractivity contribution is -0.122. The molecule has 2 aromatic heterocycles. The van der Waals surface area contributed by atoms with Crippen molar-refractivity contribution >= 4 is 34.4 Å². The molecule has 0 spiro atoms. The van der Waals surface area contributed by atoms with Crippen molar-refractivity contribution in [2.75, 3.05) is 32.1 Å². The molecule has 1 atom stereocenters. The van der Waals surface area contributed by atoms with E-state index in [0.717, 1.165) is 36.3 Å². The Labute approximate surface area is 186 Å². The van der Waals surface area contributed by atoms with Crippen molar-refractivity contribution in [2.45, 2.75) is 32.4 Å². The number of H-pyrrole nitrogens is 1. The van der Waals surface area contributed by atoms with Gasteiger partial charge in [-0.2, -0.15) is 0 Å². The molecule has 0 saturated carbocycles. The summed E-state index contributed by atoms with van der Waals surface area (Å²) in [5.74, 6) is 1.13. The topological polar surface area (TPSA) is 95.2 Å². The molecular formula is C22H27ClN6O2. The molecule has 1 aromatic carbocycles. The third kappa shape index (κ3) is 4.75. The molecule has 1 amide bonds. The quantitative estimate of drug-likeness (QED) is 0.519. The van der Waals surface area contributed by atoms with E-state index in [9.17, 15) is 4.79 Å². The van der Waals surface area contributed by atoms with E-state index >= 15 is 0 Å². The van der Waals surface area contributed by atoms with Crippen molar-refractivity contribution < 1.29 is 9.53 Å². The number of ether oxygens (including phenoxy) is 1. The van der Waals surface area contributed by atoms with Gasteiger partial charge in [-0.15, -0.1) is 0 Å². The highest BCUT2D eigenvalue weighted by molar-refractivity contribution is 6.34. The van der Waals surface area contributed by atoms with Gasteiger partial charge in [0.05, 0.1) is 16.9 Å². The molecule has 4 rings (SSSR count). The molecule has 3 aromatic rings. The van der Waals surface area contributed by atoms with Gasteiger partial charge >= 0.3 is 0 Å². The maximum absolute atomic E-state index is 11.3. The molecule has 1 aliphatic rings. The second-order valence-electron chi connectivity index (χ2n) is 7.97. The van der Waals surface area contributed by atoms with Gasteiger partial charge in [0, 0.05) is 37.8 Å². The molecule has 3 N–H and O–H groups in total. The van der Waals surface area contributed by atoms with Crippen LogP contribution in [0.5, 0.6) is 5.75 Å². The van der Waals surface area contributed by atoms with Crippen LogP contribution in [0.3, 0.4) is 0 Å². The van der Waals surface area contributed by atoms with Gasteiger partial charge in [-0.25, -0.2) is 9.97 Å². The number of hydrogen-bond donors (Lipinski definition) is 3. The Morgan fingerprint density at radius 1 is 1.35 bits per heavy atom. The average molecular weight is 443 g/mol. The molecule has 8 nitrogen and oxygen atoms in total. The lowest BCUT2D eigenvalue weighted by atomic mass is 10.2. The first-order valence-electron chi connectivity index (χ1n) is 10.4. The number of amides is 1. The number of halogens is 1. The van der Waals surface area contributed by atoms with Gasteiger partial charge in [0.2, 0.25) is 0 Å². The van der Waals surface area contributed by atoms with Crippen LogP contribution < -0.4 is 15.4 Å². The Morgan fingerprint density at radius 3 is 2.81 bits per heavy atom. The van der Waals surface area contributed by atoms with E-state index in [4.69, 9.17) is 16.3 Å². The Bertz CT molecular complexity index is 1070. The Hall–Kier alpha value is -2.84. The molecule has 0 radical (unpaired) electrons. The summed E-state index contributed by atoms with van der Waals surface area (Å²) in [4.78, 5) is 26.2. The average Bonchev–Trinajstić information content (AvgIpc) is 3.42. The Balaban J connectivity index is 1.54. The number of benzene rings is 1. The van der Waals surface area contributed by atoms with Crippen LogP contribution in [0, 0.1) is 0 Å². The first kappa shape index (κ1) is 21.4. The van der Waals surface area contributed by atoms with Crippen LogP contribution in [0.2, 0.25) is 5.02 Å². The Morgan fingerprint density at radius 2 is 2.13 bits per heavy atom. The molecule has 1 saturated heterocycles. The highest BCUT2D eigenvalue weighted by atomic mass is 35.5. The monoisotopic (exact) mass is 442 g/mol. The molecular weight excluding hydrogens is 416 g/mol. The van der Waals surface area contributed by atoms with Gasteiger partial charge < -0.3 is 20.4 Å². The SMILES string of the molecule is CNC(=O)COc1ccc(-c2nc3ncc(Cl)c(NC4CCN(C(C)C)C4)c3[nH]2)cc1. The molecule has 1 unspecified atom stereocenters. The van der Waals surface area contributed by atoms with Crippen molar-refractivity contribution in [2.24, 2.45) is 0 Å². The fourth-order valence-corrected chi connectivity index (χ4v) is 3.92. The second-order valence-corrected chi connectivity index (χ2v) is 8.38. The van der Waals surface area contributed by atoms with E-state index in [2.05, 4.69) is 44.3 Å². The van der Waals surface area contributed by atoms with E-state index in [1.807, 2.05) is 24.3 Å². The summed E-state index contributed by atoms with van der Waals surface area (Å²) in [7, 11) is 1.58. The number of imidazole rings is 1. The number of carbonyl (C=O) groups excluding carboxylic acids is 1. The molecule has 1 fully saturated rings. The normalized spacial score (nSPS) is 16.7. The van der Waals surface area contributed by atoms with Crippen molar-refractivity contribution in [3.05, 3.63) is 35.5 Å². The summed E-state index contributed by atoms with van der Waals surface area (Å²) >= 11 is 6.49. The van der Waals surface area contributed by atoms with Crippen molar-refractivity contribution in [3.8, 4) is 17.1 Å². The highest BCUT2D eigenvalue weighted by Gasteiger charge is 2.25. The van der Waals surface area contributed by atoms with Crippen LogP contribution in [-0.2, 0) is 4.79 Å². The van der Waals surface area contributed by atoms with Gasteiger partial charge in [-0.05, 0) is 44.5 Å². The van der Waals surface area contributed by atoms with Crippen LogP contribution in [0.4, 0.5) is 5.69 Å². The van der Waals surface area contributed by atoms with E-state index in [1.54, 1.807) is 13.2 Å². The van der Waals surface area contributed by atoms with Gasteiger partial charge in [0.1, 0.15) is 17.1 Å². The molecule has 164 valence electrons. The van der Waals surface area contributed by atoms with Gasteiger partial charge in [0.25, 0.3) is 5.91 Å². The first-order chi connectivity index (χ1) is 14.9. The van der Waals surface area contributed by atoms with Crippen LogP contribution in [-0.4, -0.2) is 64.6 Å². The largest absolute Gasteiger partial charge is 0.484 e. The van der Waals surface area contributed by atoms with Crippen LogP contribution in [0.1, 0.15) is 20.3 Å². The maximum atomic E-state index is 11.3. The maximum Gasteiger partial charge on any atom is 0.257 e. The van der Waals surface area contributed by atoms with E-state index in [1.165, 1.54) is 0 Å². The molecule has 31 heavy (non-hydrogen) atoms. The second kappa shape index (κ2) is 9.11. The zero-order valence-electron chi connectivity index (χ0n) is 17.9. The molecule has 9 heteroatoms. The number of carbonyl (C=O) groups is 1. The van der Waals surface area contributed by atoms with Crippen molar-refractivity contribution in [3.63, 3.8) is 0 Å². The van der Waals surface area contributed by atoms with Gasteiger partial charge in [0.15, 0.2) is 12.3 Å². The fourth-order valence-electron chi connectivity index (χ4n) is 3.72. The number of pyridine rings is 1. The standard InChI is InChI=1S/C22H27ClN6O2/c1-13(2)29-9-8-15(11-29)26-19-17(23)10-25-22-20(19)27-21(28-22)14-4-6-16(7-5-14)31-12-18(30)24-3/h4-7,10,13,15H,8-9,11-12H2,1-3H3,(H,24,30)(H2,25,26,27,28). The van der Waals surface area contributed by atoms with E-state index < -0.39 is 0 Å². The number of rotatable bonds is 7. The van der Waals surface area contributed by atoms with E-state index in [0.29, 0.717) is 34.3 Å². The number of nitrogens with zero attached hydrogens (tertiary/aromatic N) is 3. The first-order valence-corrected chi connectivity index (χ1v) is 10.8. The van der Waals surface area contributed by atoms with Gasteiger partial charge in [-0.3, -0.25) is 9.69 Å².